The van der Waals surface area contributed by atoms with E-state index in [4.69, 9.17) is 22.3 Å². The highest BCUT2D eigenvalue weighted by Gasteiger charge is 2.29. The van der Waals surface area contributed by atoms with Crippen LogP contribution in [0.1, 0.15) is 33.6 Å². The fraction of sp³-hybridized carbons (Fsp3) is 0.706. The third-order valence-electron chi connectivity index (χ3n) is 4.14. The molecule has 3 amide bonds. The first-order valence-electron chi connectivity index (χ1n) is 9.46. The Hall–Kier alpha value is -2.54. The number of carbonyl (C=O) groups is 4. The molecule has 0 aromatic heterocycles. The fourth-order valence-corrected chi connectivity index (χ4v) is 2.44. The number of thiol groups is 1. The molecule has 0 heterocycles. The van der Waals surface area contributed by atoms with Crippen molar-refractivity contribution >= 4 is 42.3 Å². The molecule has 0 aliphatic carbocycles. The molecule has 0 aromatic rings. The Balaban J connectivity index is 5.21. The van der Waals surface area contributed by atoms with Crippen molar-refractivity contribution in [1.29, 1.82) is 0 Å². The topological polar surface area (TPSA) is 215 Å². The summed E-state index contributed by atoms with van der Waals surface area (Å²) < 4.78 is 0. The zero-order chi connectivity index (χ0) is 23.4. The van der Waals surface area contributed by atoms with E-state index >= 15 is 0 Å². The molecular weight excluding hydrogens is 414 g/mol. The standard InChI is InChI=1S/C17H33N7O5S/c1-8(2)12(18)15(27)23-10(5-4-6-21-17(19)20)13(25)24-11(7-30)14(26)22-9(3)16(28)29/h8-12,30H,4-7,18H2,1-3H3,(H,22,26)(H,23,27)(H,24,25)(H,28,29)(H4,19,20,21). The Morgan fingerprint density at radius 2 is 1.50 bits per heavy atom. The van der Waals surface area contributed by atoms with Crippen LogP contribution in [0.3, 0.4) is 0 Å². The molecule has 30 heavy (non-hydrogen) atoms. The van der Waals surface area contributed by atoms with Gasteiger partial charge >= 0.3 is 5.97 Å². The monoisotopic (exact) mass is 447 g/mol. The molecule has 0 aliphatic rings. The molecule has 0 rings (SSSR count). The molecule has 0 spiro atoms. The van der Waals surface area contributed by atoms with Crippen molar-refractivity contribution in [2.75, 3.05) is 12.3 Å². The quantitative estimate of drug-likeness (QED) is 0.0652. The molecule has 0 radical (unpaired) electrons. The maximum atomic E-state index is 12.7. The average molecular weight is 448 g/mol. The van der Waals surface area contributed by atoms with E-state index in [1.807, 2.05) is 0 Å². The van der Waals surface area contributed by atoms with Crippen LogP contribution in [0.5, 0.6) is 0 Å². The number of rotatable bonds is 13. The van der Waals surface area contributed by atoms with Crippen molar-refractivity contribution in [3.63, 3.8) is 0 Å². The molecule has 0 bridgehead atoms. The van der Waals surface area contributed by atoms with E-state index in [-0.39, 0.29) is 30.6 Å². The number of carbonyl (C=O) groups excluding carboxylic acids is 3. The number of nitrogens with one attached hydrogen (secondary N) is 3. The predicted octanol–water partition coefficient (Wildman–Crippen LogP) is -2.49. The highest BCUT2D eigenvalue weighted by atomic mass is 32.1. The summed E-state index contributed by atoms with van der Waals surface area (Å²) in [5, 5.41) is 16.2. The summed E-state index contributed by atoms with van der Waals surface area (Å²) in [4.78, 5) is 52.0. The van der Waals surface area contributed by atoms with E-state index in [1.54, 1.807) is 13.8 Å². The smallest absolute Gasteiger partial charge is 0.325 e. The number of nitrogens with zero attached hydrogens (tertiary/aromatic N) is 1. The van der Waals surface area contributed by atoms with Gasteiger partial charge in [0.1, 0.15) is 18.1 Å². The van der Waals surface area contributed by atoms with Gasteiger partial charge < -0.3 is 38.3 Å². The first-order valence-corrected chi connectivity index (χ1v) is 10.1. The number of carboxylic acids is 1. The van der Waals surface area contributed by atoms with Gasteiger partial charge in [-0.1, -0.05) is 13.8 Å². The highest BCUT2D eigenvalue weighted by Crippen LogP contribution is 2.04. The van der Waals surface area contributed by atoms with Gasteiger partial charge in [0, 0.05) is 12.3 Å². The molecule has 10 N–H and O–H groups in total. The lowest BCUT2D eigenvalue weighted by atomic mass is 10.0. The van der Waals surface area contributed by atoms with Gasteiger partial charge in [-0.15, -0.1) is 0 Å². The lowest BCUT2D eigenvalue weighted by Gasteiger charge is -2.24. The van der Waals surface area contributed by atoms with E-state index in [2.05, 4.69) is 33.6 Å². The van der Waals surface area contributed by atoms with Gasteiger partial charge in [0.15, 0.2) is 5.96 Å². The maximum Gasteiger partial charge on any atom is 0.325 e. The summed E-state index contributed by atoms with van der Waals surface area (Å²) in [6.45, 7) is 5.06. The van der Waals surface area contributed by atoms with Crippen LogP contribution in [-0.4, -0.2) is 71.2 Å². The molecule has 0 aromatic carbocycles. The Bertz CT molecular complexity index is 640. The minimum Gasteiger partial charge on any atom is -0.480 e. The molecule has 12 nitrogen and oxygen atoms in total. The normalized spacial score (nSPS) is 14.7. The van der Waals surface area contributed by atoms with Gasteiger partial charge in [0.05, 0.1) is 6.04 Å². The van der Waals surface area contributed by atoms with Crippen LogP contribution in [-0.2, 0) is 19.2 Å². The second-order valence-corrected chi connectivity index (χ2v) is 7.46. The lowest BCUT2D eigenvalue weighted by molar-refractivity contribution is -0.141. The SMILES string of the molecule is CC(NC(=O)C(CS)NC(=O)C(CCCN=C(N)N)NC(=O)C(N)C(C)C)C(=O)O. The van der Waals surface area contributed by atoms with Crippen LogP contribution in [0.2, 0.25) is 0 Å². The molecule has 0 saturated carbocycles. The number of aliphatic imine (C=N–C) groups is 1. The van der Waals surface area contributed by atoms with Gasteiger partial charge in [-0.25, -0.2) is 0 Å². The number of carboxylic acid groups (broad SMARTS) is 1. The second-order valence-electron chi connectivity index (χ2n) is 7.09. The summed E-state index contributed by atoms with van der Waals surface area (Å²) in [5.41, 5.74) is 16.4. The first kappa shape index (κ1) is 27.5. The zero-order valence-electron chi connectivity index (χ0n) is 17.4. The molecule has 4 unspecified atom stereocenters. The van der Waals surface area contributed by atoms with Crippen LogP contribution >= 0.6 is 12.6 Å². The predicted molar refractivity (Wildman–Crippen MR) is 116 cm³/mol. The number of guanidine groups is 1. The highest BCUT2D eigenvalue weighted by molar-refractivity contribution is 7.80. The van der Waals surface area contributed by atoms with Crippen molar-refractivity contribution in [1.82, 2.24) is 16.0 Å². The number of nitrogens with two attached hydrogens (primary N) is 3. The minimum atomic E-state index is -1.22. The van der Waals surface area contributed by atoms with Crippen molar-refractivity contribution in [3.05, 3.63) is 0 Å². The summed E-state index contributed by atoms with van der Waals surface area (Å²) in [6.07, 6.45) is 0.562. The Labute approximate surface area is 181 Å². The van der Waals surface area contributed by atoms with E-state index in [0.717, 1.165) is 0 Å². The average Bonchev–Trinajstić information content (AvgIpc) is 2.66. The van der Waals surface area contributed by atoms with Gasteiger partial charge in [-0.2, -0.15) is 12.6 Å². The maximum absolute atomic E-state index is 12.7. The summed E-state index contributed by atoms with van der Waals surface area (Å²) >= 11 is 4.03. The number of amides is 3. The summed E-state index contributed by atoms with van der Waals surface area (Å²) in [5.74, 6) is -3.41. The Kier molecular flexibility index (Phi) is 12.5. The van der Waals surface area contributed by atoms with Crippen LogP contribution in [0.4, 0.5) is 0 Å². The Morgan fingerprint density at radius 1 is 0.967 bits per heavy atom. The van der Waals surface area contributed by atoms with Crippen molar-refractivity contribution < 1.29 is 24.3 Å². The molecule has 0 fully saturated rings. The van der Waals surface area contributed by atoms with Crippen LogP contribution in [0.15, 0.2) is 4.99 Å². The third kappa shape index (κ3) is 10.3. The third-order valence-corrected chi connectivity index (χ3v) is 4.51. The molecular formula is C17H33N7O5S. The van der Waals surface area contributed by atoms with Crippen LogP contribution in [0, 0.1) is 5.92 Å². The molecule has 13 heteroatoms. The number of hydrogen-bond acceptors (Lipinski definition) is 7. The summed E-state index contributed by atoms with van der Waals surface area (Å²) in [7, 11) is 0. The van der Waals surface area contributed by atoms with E-state index in [1.165, 1.54) is 6.92 Å². The zero-order valence-corrected chi connectivity index (χ0v) is 18.3. The van der Waals surface area contributed by atoms with Crippen molar-refractivity contribution in [2.45, 2.75) is 57.8 Å². The van der Waals surface area contributed by atoms with Crippen molar-refractivity contribution in [3.8, 4) is 0 Å². The second kappa shape index (κ2) is 13.6. The minimum absolute atomic E-state index is 0.0793. The molecule has 0 aliphatic heterocycles. The van der Waals surface area contributed by atoms with E-state index in [9.17, 15) is 19.2 Å². The summed E-state index contributed by atoms with van der Waals surface area (Å²) in [6, 6.07) is -4.06. The molecule has 4 atom stereocenters. The van der Waals surface area contributed by atoms with Crippen LogP contribution < -0.4 is 33.2 Å². The first-order chi connectivity index (χ1) is 13.9. The van der Waals surface area contributed by atoms with Gasteiger partial charge in [0.2, 0.25) is 17.7 Å². The van der Waals surface area contributed by atoms with Crippen molar-refractivity contribution in [2.24, 2.45) is 28.1 Å². The number of aliphatic carboxylic acids is 1. The number of hydrogen-bond donors (Lipinski definition) is 8. The van der Waals surface area contributed by atoms with E-state index in [0.29, 0.717) is 6.42 Å². The van der Waals surface area contributed by atoms with E-state index < -0.39 is 47.9 Å². The van der Waals surface area contributed by atoms with Gasteiger partial charge in [0.25, 0.3) is 0 Å². The largest absolute Gasteiger partial charge is 0.480 e. The fourth-order valence-electron chi connectivity index (χ4n) is 2.19. The molecule has 172 valence electrons. The lowest BCUT2D eigenvalue weighted by Crippen LogP contribution is -2.57. The van der Waals surface area contributed by atoms with Gasteiger partial charge in [-0.05, 0) is 25.7 Å². The Morgan fingerprint density at radius 3 is 1.97 bits per heavy atom. The van der Waals surface area contributed by atoms with Gasteiger partial charge in [-0.3, -0.25) is 24.2 Å². The van der Waals surface area contributed by atoms with Crippen LogP contribution in [0.25, 0.3) is 0 Å². The molecule has 0 saturated heterocycles.